The number of nitrogens with zero attached hydrogens (tertiary/aromatic N) is 5. The normalized spacial score (nSPS) is 24.5. The third kappa shape index (κ3) is 3.16. The van der Waals surface area contributed by atoms with Gasteiger partial charge in [0.25, 0.3) is 0 Å². The predicted molar refractivity (Wildman–Crippen MR) is 101 cm³/mol. The van der Waals surface area contributed by atoms with Crippen LogP contribution in [0, 0.1) is 6.92 Å². The highest BCUT2D eigenvalue weighted by molar-refractivity contribution is 5.78. The molecule has 2 aromatic rings. The minimum atomic E-state index is -0.315. The van der Waals surface area contributed by atoms with E-state index in [0.717, 1.165) is 55.6 Å². The average molecular weight is 383 g/mol. The van der Waals surface area contributed by atoms with Crippen molar-refractivity contribution in [1.82, 2.24) is 24.6 Å². The van der Waals surface area contributed by atoms with Crippen molar-refractivity contribution < 1.29 is 14.3 Å². The fourth-order valence-electron chi connectivity index (χ4n) is 4.40. The predicted octanol–water partition coefficient (Wildman–Crippen LogP) is 0.982. The van der Waals surface area contributed by atoms with Gasteiger partial charge in [-0.2, -0.15) is 0 Å². The van der Waals surface area contributed by atoms with Gasteiger partial charge in [-0.15, -0.1) is 10.2 Å². The Hall–Kier alpha value is -2.45. The van der Waals surface area contributed by atoms with E-state index in [2.05, 4.69) is 25.7 Å². The number of carbonyl (C=O) groups excluding carboxylic acids is 1. The molecule has 1 fully saturated rings. The Kier molecular flexibility index (Phi) is 4.32. The molecular formula is C20H25N5O3. The standard InChI is InChI=1S/C20H25N5O3/c1-15-21-22-18-12-28-20(14-25(15)18)6-7-24(13-20)19(26)11-23-8-9-27-17-5-3-2-4-16(17)10-23/h2-5H,6-14H2,1H3. The summed E-state index contributed by atoms with van der Waals surface area (Å²) < 4.78 is 14.1. The highest BCUT2D eigenvalue weighted by atomic mass is 16.5. The molecule has 1 saturated heterocycles. The third-order valence-corrected chi connectivity index (χ3v) is 6.03. The van der Waals surface area contributed by atoms with Crippen LogP contribution in [0.4, 0.5) is 0 Å². The molecule has 1 atom stereocenters. The Morgan fingerprint density at radius 1 is 1.21 bits per heavy atom. The lowest BCUT2D eigenvalue weighted by atomic mass is 10.0. The number of fused-ring (bicyclic) bond motifs is 2. The van der Waals surface area contributed by atoms with Gasteiger partial charge in [0.05, 0.1) is 19.6 Å². The van der Waals surface area contributed by atoms with E-state index in [-0.39, 0.29) is 11.5 Å². The first-order valence-corrected chi connectivity index (χ1v) is 9.85. The number of para-hydroxylation sites is 1. The van der Waals surface area contributed by atoms with E-state index in [1.807, 2.05) is 30.0 Å². The summed E-state index contributed by atoms with van der Waals surface area (Å²) in [6.07, 6.45) is 0.849. The Morgan fingerprint density at radius 2 is 2.11 bits per heavy atom. The second-order valence-corrected chi connectivity index (χ2v) is 7.95. The molecule has 5 rings (SSSR count). The van der Waals surface area contributed by atoms with Gasteiger partial charge in [0.2, 0.25) is 5.91 Å². The molecule has 1 aromatic carbocycles. The molecule has 148 valence electrons. The quantitative estimate of drug-likeness (QED) is 0.770. The summed E-state index contributed by atoms with van der Waals surface area (Å²) in [7, 11) is 0. The van der Waals surface area contributed by atoms with E-state index in [1.54, 1.807) is 0 Å². The van der Waals surface area contributed by atoms with Crippen molar-refractivity contribution in [3.05, 3.63) is 41.5 Å². The van der Waals surface area contributed by atoms with E-state index < -0.39 is 0 Å². The number of likely N-dealkylation sites (tertiary alicyclic amines) is 1. The maximum Gasteiger partial charge on any atom is 0.236 e. The van der Waals surface area contributed by atoms with Crippen molar-refractivity contribution in [2.24, 2.45) is 0 Å². The van der Waals surface area contributed by atoms with Crippen molar-refractivity contribution in [2.75, 3.05) is 32.8 Å². The van der Waals surface area contributed by atoms with Crippen LogP contribution in [0.25, 0.3) is 0 Å². The summed E-state index contributed by atoms with van der Waals surface area (Å²) in [5.74, 6) is 2.86. The van der Waals surface area contributed by atoms with Gasteiger partial charge in [-0.25, -0.2) is 0 Å². The van der Waals surface area contributed by atoms with Crippen LogP contribution in [0.5, 0.6) is 5.75 Å². The molecule has 0 bridgehead atoms. The largest absolute Gasteiger partial charge is 0.492 e. The zero-order valence-corrected chi connectivity index (χ0v) is 16.1. The monoisotopic (exact) mass is 383 g/mol. The second-order valence-electron chi connectivity index (χ2n) is 7.95. The molecule has 0 saturated carbocycles. The summed E-state index contributed by atoms with van der Waals surface area (Å²) in [6.45, 7) is 7.00. The number of carbonyl (C=O) groups is 1. The first-order chi connectivity index (χ1) is 13.6. The summed E-state index contributed by atoms with van der Waals surface area (Å²) >= 11 is 0. The second kappa shape index (κ2) is 6.86. The van der Waals surface area contributed by atoms with Crippen molar-refractivity contribution in [2.45, 2.75) is 38.6 Å². The van der Waals surface area contributed by atoms with E-state index in [9.17, 15) is 4.79 Å². The number of hydrogen-bond acceptors (Lipinski definition) is 6. The van der Waals surface area contributed by atoms with Gasteiger partial charge in [-0.3, -0.25) is 9.69 Å². The van der Waals surface area contributed by atoms with Gasteiger partial charge in [-0.1, -0.05) is 18.2 Å². The molecule has 3 aliphatic rings. The summed E-state index contributed by atoms with van der Waals surface area (Å²) in [4.78, 5) is 17.1. The molecule has 0 aliphatic carbocycles. The van der Waals surface area contributed by atoms with Crippen LogP contribution in [0.3, 0.4) is 0 Å². The molecular weight excluding hydrogens is 358 g/mol. The molecule has 28 heavy (non-hydrogen) atoms. The molecule has 8 heteroatoms. The molecule has 0 radical (unpaired) electrons. The number of aromatic nitrogens is 3. The smallest absolute Gasteiger partial charge is 0.236 e. The lowest BCUT2D eigenvalue weighted by molar-refractivity contribution is -0.134. The zero-order valence-electron chi connectivity index (χ0n) is 16.1. The summed E-state index contributed by atoms with van der Waals surface area (Å²) in [6, 6.07) is 8.06. The van der Waals surface area contributed by atoms with Crippen LogP contribution >= 0.6 is 0 Å². The fraction of sp³-hybridized carbons (Fsp3) is 0.550. The first-order valence-electron chi connectivity index (χ1n) is 9.85. The first kappa shape index (κ1) is 17.6. The van der Waals surface area contributed by atoms with Gasteiger partial charge in [0, 0.05) is 25.2 Å². The van der Waals surface area contributed by atoms with Crippen molar-refractivity contribution in [3.63, 3.8) is 0 Å². The Bertz CT molecular complexity index is 898. The van der Waals surface area contributed by atoms with Crippen LogP contribution in [-0.4, -0.2) is 68.9 Å². The molecule has 1 amide bonds. The Morgan fingerprint density at radius 3 is 3.04 bits per heavy atom. The van der Waals surface area contributed by atoms with Gasteiger partial charge >= 0.3 is 0 Å². The average Bonchev–Trinajstić information content (AvgIpc) is 3.20. The van der Waals surface area contributed by atoms with Crippen LogP contribution < -0.4 is 4.74 Å². The molecule has 4 heterocycles. The van der Waals surface area contributed by atoms with E-state index in [4.69, 9.17) is 9.47 Å². The maximum absolute atomic E-state index is 13.0. The van der Waals surface area contributed by atoms with Crippen LogP contribution in [0.1, 0.15) is 23.6 Å². The van der Waals surface area contributed by atoms with E-state index in [0.29, 0.717) is 26.3 Å². The zero-order chi connectivity index (χ0) is 19.1. The number of hydrogen-bond donors (Lipinski definition) is 0. The summed E-state index contributed by atoms with van der Waals surface area (Å²) in [5, 5.41) is 8.30. The minimum absolute atomic E-state index is 0.158. The SMILES string of the molecule is Cc1nnc2n1CC1(CCN(C(=O)CN3CCOc4ccccc4C3)C1)OC2. The number of benzene rings is 1. The molecule has 3 aliphatic heterocycles. The molecule has 0 N–H and O–H groups in total. The number of aryl methyl sites for hydroxylation is 1. The number of rotatable bonds is 2. The maximum atomic E-state index is 13.0. The van der Waals surface area contributed by atoms with E-state index >= 15 is 0 Å². The Balaban J connectivity index is 1.23. The topological polar surface area (TPSA) is 72.7 Å². The molecule has 1 aromatic heterocycles. The van der Waals surface area contributed by atoms with Crippen molar-refractivity contribution in [1.29, 1.82) is 0 Å². The van der Waals surface area contributed by atoms with Crippen LogP contribution in [0.15, 0.2) is 24.3 Å². The molecule has 1 unspecified atom stereocenters. The Labute approximate surface area is 164 Å². The van der Waals surface area contributed by atoms with Gasteiger partial charge < -0.3 is 18.9 Å². The van der Waals surface area contributed by atoms with Gasteiger partial charge in [0.15, 0.2) is 5.82 Å². The lowest BCUT2D eigenvalue weighted by Crippen LogP contribution is -2.46. The van der Waals surface area contributed by atoms with Crippen LogP contribution in [-0.2, 0) is 29.2 Å². The van der Waals surface area contributed by atoms with Crippen LogP contribution in [0.2, 0.25) is 0 Å². The fourth-order valence-corrected chi connectivity index (χ4v) is 4.40. The number of ether oxygens (including phenoxy) is 2. The number of amides is 1. The van der Waals surface area contributed by atoms with E-state index in [1.165, 1.54) is 0 Å². The van der Waals surface area contributed by atoms with Crippen molar-refractivity contribution >= 4 is 5.91 Å². The molecule has 1 spiro atoms. The molecule has 8 nitrogen and oxygen atoms in total. The lowest BCUT2D eigenvalue weighted by Gasteiger charge is -2.34. The minimum Gasteiger partial charge on any atom is -0.492 e. The van der Waals surface area contributed by atoms with Crippen molar-refractivity contribution in [3.8, 4) is 5.75 Å². The highest BCUT2D eigenvalue weighted by Crippen LogP contribution is 2.32. The highest BCUT2D eigenvalue weighted by Gasteiger charge is 2.44. The van der Waals surface area contributed by atoms with Gasteiger partial charge in [0.1, 0.15) is 30.4 Å². The van der Waals surface area contributed by atoms with Gasteiger partial charge in [-0.05, 0) is 19.4 Å². The third-order valence-electron chi connectivity index (χ3n) is 6.03. The summed E-state index contributed by atoms with van der Waals surface area (Å²) in [5.41, 5.74) is 0.821.